The SMILES string of the molecule is c1ccc(-c2nc(-c3ccc(C4(c5ccc6c(c5)Oc5ccccc5O6)c5ccccc5-c5ccccc54)cc3)nc(-c3ccc4c(c3)oc3ccccc34)n2)cc1. The molecule has 12 rings (SSSR count). The van der Waals surface area contributed by atoms with E-state index in [2.05, 4.69) is 103 Å². The van der Waals surface area contributed by atoms with Crippen molar-refractivity contribution >= 4 is 21.9 Å². The standard InChI is InChI=1S/C52H31N3O3/c1-2-12-32(13-3-1)49-53-50(55-51(54-49)34-24-28-40-39-16-6-9-19-43(39)56-47(40)30-34)33-22-25-35(26-23-33)52(41-17-7-4-14-37(41)38-15-5-8-18-42(38)52)36-27-29-46-48(31-36)58-45-21-11-10-20-44(45)57-46/h1-31H. The van der Waals surface area contributed by atoms with Gasteiger partial charge >= 0.3 is 0 Å². The second kappa shape index (κ2) is 12.6. The molecule has 0 radical (unpaired) electrons. The van der Waals surface area contributed by atoms with Crippen molar-refractivity contribution in [1.29, 1.82) is 0 Å². The molecule has 1 aliphatic carbocycles. The summed E-state index contributed by atoms with van der Waals surface area (Å²) in [5, 5.41) is 2.14. The fourth-order valence-corrected chi connectivity index (χ4v) is 8.87. The predicted octanol–water partition coefficient (Wildman–Crippen LogP) is 13.0. The number of nitrogens with zero attached hydrogens (tertiary/aromatic N) is 3. The van der Waals surface area contributed by atoms with Crippen LogP contribution in [0.3, 0.4) is 0 Å². The Hall–Kier alpha value is -7.83. The van der Waals surface area contributed by atoms with Crippen LogP contribution in [0.1, 0.15) is 22.3 Å². The number of fused-ring (bicyclic) bond motifs is 8. The van der Waals surface area contributed by atoms with Crippen molar-refractivity contribution in [2.24, 2.45) is 0 Å². The molecule has 3 heterocycles. The topological polar surface area (TPSA) is 70.3 Å². The minimum atomic E-state index is -0.650. The van der Waals surface area contributed by atoms with E-state index in [4.69, 9.17) is 28.8 Å². The van der Waals surface area contributed by atoms with Crippen molar-refractivity contribution < 1.29 is 13.9 Å². The van der Waals surface area contributed by atoms with Gasteiger partial charge in [-0.3, -0.25) is 0 Å². The van der Waals surface area contributed by atoms with E-state index in [0.29, 0.717) is 40.5 Å². The second-order valence-electron chi connectivity index (χ2n) is 14.7. The number of furan rings is 1. The number of hydrogen-bond acceptors (Lipinski definition) is 6. The van der Waals surface area contributed by atoms with Crippen LogP contribution in [0.5, 0.6) is 23.0 Å². The van der Waals surface area contributed by atoms with Crippen LogP contribution in [-0.2, 0) is 5.41 Å². The molecule has 0 spiro atoms. The third kappa shape index (κ3) is 4.88. The monoisotopic (exact) mass is 745 g/mol. The average molecular weight is 746 g/mol. The maximum atomic E-state index is 6.49. The van der Waals surface area contributed by atoms with Gasteiger partial charge in [-0.05, 0) is 75.8 Å². The summed E-state index contributed by atoms with van der Waals surface area (Å²) in [4.78, 5) is 15.2. The number of ether oxygens (including phenoxy) is 2. The molecule has 1 aliphatic heterocycles. The first-order valence-corrected chi connectivity index (χ1v) is 19.3. The lowest BCUT2D eigenvalue weighted by Crippen LogP contribution is -2.28. The van der Waals surface area contributed by atoms with Crippen molar-refractivity contribution in [2.75, 3.05) is 0 Å². The summed E-state index contributed by atoms with van der Waals surface area (Å²) in [5.41, 5.74) is 10.6. The van der Waals surface area contributed by atoms with Gasteiger partial charge in [0.05, 0.1) is 5.41 Å². The summed E-state index contributed by atoms with van der Waals surface area (Å²) >= 11 is 0. The van der Waals surface area contributed by atoms with Crippen LogP contribution in [0.25, 0.3) is 67.2 Å². The van der Waals surface area contributed by atoms with Gasteiger partial charge in [-0.25, -0.2) is 15.0 Å². The van der Waals surface area contributed by atoms with Crippen molar-refractivity contribution in [3.8, 4) is 68.3 Å². The number of hydrogen-bond donors (Lipinski definition) is 0. The lowest BCUT2D eigenvalue weighted by molar-refractivity contribution is 0.359. The average Bonchev–Trinajstić information content (AvgIpc) is 3.82. The molecule has 6 nitrogen and oxygen atoms in total. The van der Waals surface area contributed by atoms with Crippen LogP contribution >= 0.6 is 0 Å². The number of aromatic nitrogens is 3. The van der Waals surface area contributed by atoms with Crippen molar-refractivity contribution in [2.45, 2.75) is 5.41 Å². The minimum absolute atomic E-state index is 0.572. The van der Waals surface area contributed by atoms with Crippen LogP contribution in [0.2, 0.25) is 0 Å². The zero-order chi connectivity index (χ0) is 38.2. The maximum Gasteiger partial charge on any atom is 0.170 e. The van der Waals surface area contributed by atoms with E-state index in [0.717, 1.165) is 49.8 Å². The van der Waals surface area contributed by atoms with Gasteiger partial charge in [-0.15, -0.1) is 0 Å². The molecular weight excluding hydrogens is 715 g/mol. The smallest absolute Gasteiger partial charge is 0.170 e. The number of para-hydroxylation sites is 3. The van der Waals surface area contributed by atoms with Gasteiger partial charge in [0.1, 0.15) is 11.2 Å². The molecule has 58 heavy (non-hydrogen) atoms. The van der Waals surface area contributed by atoms with Gasteiger partial charge in [-0.2, -0.15) is 0 Å². The Labute approximate surface area is 333 Å². The molecule has 0 unspecified atom stereocenters. The number of benzene rings is 8. The van der Waals surface area contributed by atoms with E-state index in [1.54, 1.807) is 0 Å². The van der Waals surface area contributed by atoms with E-state index in [1.165, 1.54) is 22.3 Å². The summed E-state index contributed by atoms with van der Waals surface area (Å²) in [6.45, 7) is 0. The van der Waals surface area contributed by atoms with Crippen LogP contribution in [-0.4, -0.2) is 15.0 Å². The normalized spacial score (nSPS) is 13.2. The molecule has 0 amide bonds. The fraction of sp³-hybridized carbons (Fsp3) is 0.0192. The predicted molar refractivity (Wildman–Crippen MR) is 227 cm³/mol. The van der Waals surface area contributed by atoms with Crippen molar-refractivity contribution in [3.63, 3.8) is 0 Å². The third-order valence-electron chi connectivity index (χ3n) is 11.5. The maximum absolute atomic E-state index is 6.49. The van der Waals surface area contributed by atoms with Crippen LogP contribution in [0.15, 0.2) is 192 Å². The molecule has 8 aromatic carbocycles. The first-order chi connectivity index (χ1) is 28.7. The summed E-state index contributed by atoms with van der Waals surface area (Å²) in [5.74, 6) is 4.52. The lowest BCUT2D eigenvalue weighted by Gasteiger charge is -2.34. The van der Waals surface area contributed by atoms with Crippen molar-refractivity contribution in [3.05, 3.63) is 210 Å². The summed E-state index contributed by atoms with van der Waals surface area (Å²) in [6, 6.07) is 64.6. The lowest BCUT2D eigenvalue weighted by atomic mass is 9.67. The number of rotatable bonds is 5. The van der Waals surface area contributed by atoms with E-state index in [9.17, 15) is 0 Å². The second-order valence-corrected chi connectivity index (χ2v) is 14.7. The molecule has 6 heteroatoms. The van der Waals surface area contributed by atoms with Gasteiger partial charge in [0.25, 0.3) is 0 Å². The van der Waals surface area contributed by atoms with Gasteiger partial charge in [0.15, 0.2) is 40.5 Å². The largest absolute Gasteiger partial charge is 0.456 e. The molecular formula is C52H31N3O3. The molecule has 0 fully saturated rings. The Morgan fingerprint density at radius 2 is 0.862 bits per heavy atom. The third-order valence-corrected chi connectivity index (χ3v) is 11.5. The zero-order valence-corrected chi connectivity index (χ0v) is 31.0. The molecule has 0 saturated carbocycles. The fourth-order valence-electron chi connectivity index (χ4n) is 8.87. The van der Waals surface area contributed by atoms with Crippen molar-refractivity contribution in [1.82, 2.24) is 15.0 Å². The Kier molecular flexibility index (Phi) is 7.04. The van der Waals surface area contributed by atoms with E-state index in [-0.39, 0.29) is 0 Å². The van der Waals surface area contributed by atoms with Gasteiger partial charge in [0, 0.05) is 27.5 Å². The quantitative estimate of drug-likeness (QED) is 0.175. The molecule has 0 saturated heterocycles. The highest BCUT2D eigenvalue weighted by Gasteiger charge is 2.46. The van der Waals surface area contributed by atoms with Gasteiger partial charge in [-0.1, -0.05) is 146 Å². The van der Waals surface area contributed by atoms with Crippen LogP contribution in [0, 0.1) is 0 Å². The highest BCUT2D eigenvalue weighted by atomic mass is 16.6. The van der Waals surface area contributed by atoms with E-state index in [1.807, 2.05) is 84.9 Å². The Morgan fingerprint density at radius 3 is 1.59 bits per heavy atom. The Morgan fingerprint density at radius 1 is 0.345 bits per heavy atom. The van der Waals surface area contributed by atoms with E-state index < -0.39 is 5.41 Å². The summed E-state index contributed by atoms with van der Waals surface area (Å²) < 4.78 is 19.1. The highest BCUT2D eigenvalue weighted by molar-refractivity contribution is 6.05. The molecule has 272 valence electrons. The van der Waals surface area contributed by atoms with Gasteiger partial charge < -0.3 is 13.9 Å². The molecule has 0 bridgehead atoms. The first-order valence-electron chi connectivity index (χ1n) is 19.3. The zero-order valence-electron chi connectivity index (χ0n) is 31.0. The first kappa shape index (κ1) is 32.4. The Balaban J connectivity index is 1.02. The summed E-state index contributed by atoms with van der Waals surface area (Å²) in [6.07, 6.45) is 0. The van der Waals surface area contributed by atoms with Gasteiger partial charge in [0.2, 0.25) is 0 Å². The van der Waals surface area contributed by atoms with Crippen LogP contribution < -0.4 is 9.47 Å². The summed E-state index contributed by atoms with van der Waals surface area (Å²) in [7, 11) is 0. The molecule has 10 aromatic rings. The minimum Gasteiger partial charge on any atom is -0.456 e. The Bertz CT molecular complexity index is 3200. The molecule has 2 aromatic heterocycles. The van der Waals surface area contributed by atoms with Crippen LogP contribution in [0.4, 0.5) is 0 Å². The van der Waals surface area contributed by atoms with E-state index >= 15 is 0 Å². The molecule has 2 aliphatic rings. The molecule has 0 atom stereocenters. The highest BCUT2D eigenvalue weighted by Crippen LogP contribution is 2.57. The molecule has 0 N–H and O–H groups in total.